The summed E-state index contributed by atoms with van der Waals surface area (Å²) in [5, 5.41) is 0. The maximum atomic E-state index is 5.73. The molecule has 2 aromatic rings. The second-order valence-corrected chi connectivity index (χ2v) is 3.35. The smallest absolute Gasteiger partial charge is 0.118 e. The topological polar surface area (TPSA) is 35.2 Å². The molecule has 0 fully saturated rings. The molecule has 0 radical (unpaired) electrons. The molecule has 0 atom stereocenters. The van der Waals surface area contributed by atoms with E-state index in [1.54, 1.807) is 7.11 Å². The van der Waals surface area contributed by atoms with Crippen molar-refractivity contribution in [2.75, 3.05) is 12.8 Å². The second-order valence-electron chi connectivity index (χ2n) is 3.35. The zero-order valence-electron chi connectivity index (χ0n) is 9.01. The lowest BCUT2D eigenvalue weighted by molar-refractivity contribution is 0.415. The Bertz CT molecular complexity index is 454. The molecule has 0 saturated carbocycles. The molecule has 0 bridgehead atoms. The first-order valence-corrected chi connectivity index (χ1v) is 4.79. The fourth-order valence-electron chi connectivity index (χ4n) is 1.50. The van der Waals surface area contributed by atoms with Crippen molar-refractivity contribution in [1.29, 1.82) is 0 Å². The highest BCUT2D eigenvalue weighted by Gasteiger charge is 1.98. The number of nitrogen functional groups attached to an aromatic ring is 1. The van der Waals surface area contributed by atoms with Gasteiger partial charge in [0.25, 0.3) is 0 Å². The van der Waals surface area contributed by atoms with E-state index in [0.717, 1.165) is 22.6 Å². The van der Waals surface area contributed by atoms with Gasteiger partial charge in [-0.2, -0.15) is 0 Å². The van der Waals surface area contributed by atoms with Crippen LogP contribution in [0.4, 0.5) is 5.69 Å². The van der Waals surface area contributed by atoms with E-state index >= 15 is 0 Å². The van der Waals surface area contributed by atoms with Gasteiger partial charge in [-0.15, -0.1) is 12.4 Å². The summed E-state index contributed by atoms with van der Waals surface area (Å²) >= 11 is 0. The van der Waals surface area contributed by atoms with E-state index in [0.29, 0.717) is 0 Å². The van der Waals surface area contributed by atoms with Crippen molar-refractivity contribution in [3.63, 3.8) is 0 Å². The SMILES string of the molecule is COc1ccc(-c2cccc(N)c2)cc1.Cl. The Morgan fingerprint density at radius 2 is 1.62 bits per heavy atom. The first-order valence-electron chi connectivity index (χ1n) is 4.79. The summed E-state index contributed by atoms with van der Waals surface area (Å²) in [4.78, 5) is 0. The van der Waals surface area contributed by atoms with Gasteiger partial charge in [0.2, 0.25) is 0 Å². The van der Waals surface area contributed by atoms with Gasteiger partial charge in [-0.1, -0.05) is 24.3 Å². The molecule has 0 amide bonds. The van der Waals surface area contributed by atoms with Crippen LogP contribution in [-0.2, 0) is 0 Å². The van der Waals surface area contributed by atoms with E-state index in [9.17, 15) is 0 Å². The van der Waals surface area contributed by atoms with Gasteiger partial charge >= 0.3 is 0 Å². The number of benzene rings is 2. The minimum atomic E-state index is 0. The third-order valence-corrected chi connectivity index (χ3v) is 2.31. The van der Waals surface area contributed by atoms with E-state index in [1.165, 1.54) is 0 Å². The molecule has 0 spiro atoms. The lowest BCUT2D eigenvalue weighted by Gasteiger charge is -2.04. The van der Waals surface area contributed by atoms with Crippen LogP contribution >= 0.6 is 12.4 Å². The van der Waals surface area contributed by atoms with E-state index < -0.39 is 0 Å². The van der Waals surface area contributed by atoms with E-state index in [-0.39, 0.29) is 12.4 Å². The first kappa shape index (κ1) is 12.4. The summed E-state index contributed by atoms with van der Waals surface area (Å²) in [6.07, 6.45) is 0. The number of ether oxygens (including phenoxy) is 1. The lowest BCUT2D eigenvalue weighted by atomic mass is 10.1. The molecule has 2 aromatic carbocycles. The predicted octanol–water partition coefficient (Wildman–Crippen LogP) is 3.37. The van der Waals surface area contributed by atoms with Crippen molar-refractivity contribution in [3.8, 4) is 16.9 Å². The third kappa shape index (κ3) is 2.67. The standard InChI is InChI=1S/C13H13NO.ClH/c1-15-13-7-5-10(6-8-13)11-3-2-4-12(14)9-11;/h2-9H,14H2,1H3;1H. The molecule has 0 saturated heterocycles. The zero-order chi connectivity index (χ0) is 10.7. The Hall–Kier alpha value is -1.67. The van der Waals surface area contributed by atoms with Gasteiger partial charge in [-0.3, -0.25) is 0 Å². The highest BCUT2D eigenvalue weighted by molar-refractivity contribution is 5.85. The van der Waals surface area contributed by atoms with Crippen LogP contribution in [0, 0.1) is 0 Å². The van der Waals surface area contributed by atoms with Crippen LogP contribution in [0.1, 0.15) is 0 Å². The minimum absolute atomic E-state index is 0. The van der Waals surface area contributed by atoms with Crippen molar-refractivity contribution in [2.24, 2.45) is 0 Å². The summed E-state index contributed by atoms with van der Waals surface area (Å²) in [6, 6.07) is 15.8. The molecule has 84 valence electrons. The van der Waals surface area contributed by atoms with Crippen molar-refractivity contribution < 1.29 is 4.74 Å². The van der Waals surface area contributed by atoms with Crippen LogP contribution in [0.15, 0.2) is 48.5 Å². The molecule has 2 N–H and O–H groups in total. The van der Waals surface area contributed by atoms with Gasteiger partial charge in [0.15, 0.2) is 0 Å². The van der Waals surface area contributed by atoms with Crippen LogP contribution in [-0.4, -0.2) is 7.11 Å². The number of nitrogens with two attached hydrogens (primary N) is 1. The highest BCUT2D eigenvalue weighted by atomic mass is 35.5. The maximum Gasteiger partial charge on any atom is 0.118 e. The van der Waals surface area contributed by atoms with Gasteiger partial charge in [0, 0.05) is 5.69 Å². The summed E-state index contributed by atoms with van der Waals surface area (Å²) in [5.74, 6) is 0.864. The average molecular weight is 236 g/mol. The average Bonchev–Trinajstić information content (AvgIpc) is 2.29. The Morgan fingerprint density at radius 1 is 0.938 bits per heavy atom. The third-order valence-electron chi connectivity index (χ3n) is 2.31. The molecular formula is C13H14ClNO. The molecule has 0 unspecified atom stereocenters. The molecule has 0 aromatic heterocycles. The normalized spacial score (nSPS) is 9.31. The summed E-state index contributed by atoms with van der Waals surface area (Å²) < 4.78 is 5.10. The molecule has 0 heterocycles. The Morgan fingerprint density at radius 3 is 2.19 bits per heavy atom. The fourth-order valence-corrected chi connectivity index (χ4v) is 1.50. The van der Waals surface area contributed by atoms with Crippen LogP contribution < -0.4 is 10.5 Å². The Labute approximate surface area is 101 Å². The quantitative estimate of drug-likeness (QED) is 0.810. The van der Waals surface area contributed by atoms with Gasteiger partial charge in [0.05, 0.1) is 7.11 Å². The van der Waals surface area contributed by atoms with Crippen LogP contribution in [0.3, 0.4) is 0 Å². The highest BCUT2D eigenvalue weighted by Crippen LogP contribution is 2.23. The molecule has 16 heavy (non-hydrogen) atoms. The zero-order valence-corrected chi connectivity index (χ0v) is 9.83. The number of halogens is 1. The number of hydrogen-bond donors (Lipinski definition) is 1. The van der Waals surface area contributed by atoms with Crippen molar-refractivity contribution in [2.45, 2.75) is 0 Å². The molecule has 2 rings (SSSR count). The van der Waals surface area contributed by atoms with Crippen LogP contribution in [0.2, 0.25) is 0 Å². The van der Waals surface area contributed by atoms with E-state index in [2.05, 4.69) is 0 Å². The first-order chi connectivity index (χ1) is 7.29. The number of methoxy groups -OCH3 is 1. The molecule has 2 nitrogen and oxygen atoms in total. The van der Waals surface area contributed by atoms with E-state index in [1.807, 2.05) is 48.5 Å². The monoisotopic (exact) mass is 235 g/mol. The minimum Gasteiger partial charge on any atom is -0.497 e. The molecular weight excluding hydrogens is 222 g/mol. The molecule has 0 aliphatic heterocycles. The lowest BCUT2D eigenvalue weighted by Crippen LogP contribution is -1.85. The van der Waals surface area contributed by atoms with E-state index in [4.69, 9.17) is 10.5 Å². The van der Waals surface area contributed by atoms with Crippen molar-refractivity contribution >= 4 is 18.1 Å². The fraction of sp³-hybridized carbons (Fsp3) is 0.0769. The number of hydrogen-bond acceptors (Lipinski definition) is 2. The molecule has 3 heteroatoms. The number of rotatable bonds is 2. The van der Waals surface area contributed by atoms with Gasteiger partial charge in [-0.05, 0) is 35.4 Å². The largest absolute Gasteiger partial charge is 0.497 e. The van der Waals surface area contributed by atoms with Crippen LogP contribution in [0.5, 0.6) is 5.75 Å². The molecule has 0 aliphatic rings. The van der Waals surface area contributed by atoms with Gasteiger partial charge in [0.1, 0.15) is 5.75 Å². The molecule has 0 aliphatic carbocycles. The predicted molar refractivity (Wildman–Crippen MR) is 70.1 cm³/mol. The van der Waals surface area contributed by atoms with Gasteiger partial charge in [-0.25, -0.2) is 0 Å². The Balaban J connectivity index is 0.00000128. The van der Waals surface area contributed by atoms with Crippen molar-refractivity contribution in [3.05, 3.63) is 48.5 Å². The second kappa shape index (κ2) is 5.42. The summed E-state index contributed by atoms with van der Waals surface area (Å²) in [7, 11) is 1.66. The summed E-state index contributed by atoms with van der Waals surface area (Å²) in [6.45, 7) is 0. The van der Waals surface area contributed by atoms with Crippen molar-refractivity contribution in [1.82, 2.24) is 0 Å². The Kier molecular flexibility index (Phi) is 4.20. The summed E-state index contributed by atoms with van der Waals surface area (Å²) in [5.41, 5.74) is 8.77. The maximum absolute atomic E-state index is 5.73. The van der Waals surface area contributed by atoms with Gasteiger partial charge < -0.3 is 10.5 Å². The number of anilines is 1. The van der Waals surface area contributed by atoms with Crippen LogP contribution in [0.25, 0.3) is 11.1 Å².